The van der Waals surface area contributed by atoms with Crippen LogP contribution in [0.3, 0.4) is 0 Å². The molecule has 2 aromatic heterocycles. The van der Waals surface area contributed by atoms with Crippen molar-refractivity contribution < 1.29 is 14.3 Å². The van der Waals surface area contributed by atoms with Gasteiger partial charge in [0.05, 0.1) is 29.9 Å². The van der Waals surface area contributed by atoms with Crippen molar-refractivity contribution in [3.8, 4) is 11.8 Å². The molecule has 43 heavy (non-hydrogen) atoms. The van der Waals surface area contributed by atoms with Gasteiger partial charge in [0.15, 0.2) is 0 Å². The number of imidazole rings is 1. The molecule has 0 spiro atoms. The predicted octanol–water partition coefficient (Wildman–Crippen LogP) is 6.23. The second-order valence-electron chi connectivity index (χ2n) is 11.1. The van der Waals surface area contributed by atoms with Crippen molar-refractivity contribution in [3.05, 3.63) is 89.9 Å². The summed E-state index contributed by atoms with van der Waals surface area (Å²) in [5.74, 6) is 7.12. The molecular weight excluding hydrogens is 540 g/mol. The van der Waals surface area contributed by atoms with Crippen molar-refractivity contribution in [3.63, 3.8) is 0 Å². The molecule has 3 aromatic carbocycles. The van der Waals surface area contributed by atoms with Crippen LogP contribution in [0.4, 0.5) is 16.2 Å². The van der Waals surface area contributed by atoms with Gasteiger partial charge in [-0.1, -0.05) is 43.9 Å². The molecule has 3 heterocycles. The van der Waals surface area contributed by atoms with Gasteiger partial charge in [-0.05, 0) is 67.3 Å². The number of rotatable bonds is 6. The van der Waals surface area contributed by atoms with E-state index >= 15 is 0 Å². The van der Waals surface area contributed by atoms with Crippen molar-refractivity contribution in [2.45, 2.75) is 38.8 Å². The summed E-state index contributed by atoms with van der Waals surface area (Å²) >= 11 is 0. The van der Waals surface area contributed by atoms with Crippen molar-refractivity contribution in [2.75, 3.05) is 19.0 Å². The number of carbonyl (C=O) groups excluding carboxylic acids is 2. The van der Waals surface area contributed by atoms with Crippen molar-refractivity contribution in [1.82, 2.24) is 25.2 Å². The highest BCUT2D eigenvalue weighted by molar-refractivity contribution is 5.95. The second-order valence-corrected chi connectivity index (χ2v) is 11.1. The first-order chi connectivity index (χ1) is 20.9. The van der Waals surface area contributed by atoms with Crippen LogP contribution in [0.5, 0.6) is 0 Å². The fourth-order valence-corrected chi connectivity index (χ4v) is 5.58. The average molecular weight is 575 g/mol. The van der Waals surface area contributed by atoms with Gasteiger partial charge in [-0.3, -0.25) is 4.79 Å². The zero-order valence-electron chi connectivity index (χ0n) is 24.4. The molecule has 1 aliphatic rings. The number of methoxy groups -OCH3 is 1. The van der Waals surface area contributed by atoms with Gasteiger partial charge in [0.25, 0.3) is 0 Å². The molecule has 4 N–H and O–H groups in total. The number of para-hydroxylation sites is 1. The maximum absolute atomic E-state index is 13.5. The summed E-state index contributed by atoms with van der Waals surface area (Å²) in [5.41, 5.74) is 6.51. The molecule has 1 saturated heterocycles. The van der Waals surface area contributed by atoms with Gasteiger partial charge in [-0.2, -0.15) is 0 Å². The van der Waals surface area contributed by atoms with Gasteiger partial charge in [-0.25, -0.2) is 9.78 Å². The predicted molar refractivity (Wildman–Crippen MR) is 168 cm³/mol. The Morgan fingerprint density at radius 3 is 2.56 bits per heavy atom. The number of fused-ring (bicyclic) bond motifs is 2. The minimum Gasteiger partial charge on any atom is -0.453 e. The molecule has 0 aliphatic carbocycles. The van der Waals surface area contributed by atoms with E-state index in [2.05, 4.69) is 38.5 Å². The van der Waals surface area contributed by atoms with Crippen LogP contribution in [0.1, 0.15) is 49.7 Å². The Kier molecular flexibility index (Phi) is 7.75. The number of hydrogen-bond donors (Lipinski definition) is 4. The van der Waals surface area contributed by atoms with Gasteiger partial charge in [0.1, 0.15) is 11.9 Å². The number of ether oxygens (including phenoxy) is 1. The second kappa shape index (κ2) is 11.9. The summed E-state index contributed by atoms with van der Waals surface area (Å²) in [6.07, 6.45) is 3.01. The lowest BCUT2D eigenvalue weighted by molar-refractivity contribution is -0.135. The minimum absolute atomic E-state index is 0.0886. The van der Waals surface area contributed by atoms with E-state index in [1.54, 1.807) is 0 Å². The number of anilines is 2. The third-order valence-electron chi connectivity index (χ3n) is 7.83. The molecule has 9 nitrogen and oxygen atoms in total. The maximum atomic E-state index is 13.5. The highest BCUT2D eigenvalue weighted by atomic mass is 16.5. The van der Waals surface area contributed by atoms with Gasteiger partial charge in [-0.15, -0.1) is 0 Å². The summed E-state index contributed by atoms with van der Waals surface area (Å²) in [4.78, 5) is 38.7. The number of hydrogen-bond acceptors (Lipinski definition) is 5. The number of aromatic nitrogens is 3. The van der Waals surface area contributed by atoms with E-state index in [1.165, 1.54) is 7.11 Å². The first-order valence-electron chi connectivity index (χ1n) is 14.5. The van der Waals surface area contributed by atoms with Gasteiger partial charge in [0.2, 0.25) is 5.91 Å². The van der Waals surface area contributed by atoms with E-state index < -0.39 is 12.1 Å². The molecule has 9 heteroatoms. The SMILES string of the molecule is COC(=O)NC(C(=O)N1CCCC1c1nc2ccc(C#Cc3ccc4[nH]cc(Nc5ccccc5)c4c3)cc2[nH]1)C(C)C. The fraction of sp³-hybridized carbons (Fsp3) is 0.265. The first-order valence-corrected chi connectivity index (χ1v) is 14.5. The molecule has 2 atom stereocenters. The Morgan fingerprint density at radius 1 is 1.02 bits per heavy atom. The number of likely N-dealkylation sites (tertiary alicyclic amines) is 1. The van der Waals surface area contributed by atoms with Crippen LogP contribution in [0.15, 0.2) is 72.9 Å². The number of benzene rings is 3. The van der Waals surface area contributed by atoms with Crippen LogP contribution in [0.2, 0.25) is 0 Å². The monoisotopic (exact) mass is 574 g/mol. The fourth-order valence-electron chi connectivity index (χ4n) is 5.58. The largest absolute Gasteiger partial charge is 0.453 e. The minimum atomic E-state index is -0.671. The number of H-pyrrole nitrogens is 2. The van der Waals surface area contributed by atoms with Crippen LogP contribution >= 0.6 is 0 Å². The highest BCUT2D eigenvalue weighted by Gasteiger charge is 2.37. The first kappa shape index (κ1) is 27.9. The summed E-state index contributed by atoms with van der Waals surface area (Å²) in [7, 11) is 1.30. The summed E-state index contributed by atoms with van der Waals surface area (Å²) in [6.45, 7) is 4.42. The van der Waals surface area contributed by atoms with E-state index in [0.29, 0.717) is 6.54 Å². The van der Waals surface area contributed by atoms with Gasteiger partial charge < -0.3 is 30.2 Å². The molecule has 2 amide bonds. The van der Waals surface area contributed by atoms with Crippen molar-refractivity contribution in [1.29, 1.82) is 0 Å². The van der Waals surface area contributed by atoms with E-state index in [0.717, 1.165) is 63.1 Å². The third-order valence-corrected chi connectivity index (χ3v) is 7.83. The standard InChI is InChI=1S/C34H34N6O3/c1-21(2)31(39-34(42)43-3)33(41)40-17-7-10-30(40)32-37-27-16-14-23(19-28(27)38-32)12-11-22-13-15-26-25(18-22)29(20-35-26)36-24-8-5-4-6-9-24/h4-6,8-9,13-16,18-21,30-31,35-36H,7,10,17H2,1-3H3,(H,37,38)(H,39,42). The molecule has 0 bridgehead atoms. The number of amides is 2. The normalized spacial score (nSPS) is 15.3. The zero-order valence-corrected chi connectivity index (χ0v) is 24.4. The average Bonchev–Trinajstić information content (AvgIpc) is 3.77. The van der Waals surface area contributed by atoms with Crippen LogP contribution in [0.25, 0.3) is 21.9 Å². The Balaban J connectivity index is 1.22. The van der Waals surface area contributed by atoms with Crippen LogP contribution in [-0.4, -0.2) is 51.5 Å². The summed E-state index contributed by atoms with van der Waals surface area (Å²) in [5, 5.41) is 7.23. The Labute approximate surface area is 250 Å². The number of carbonyl (C=O) groups is 2. The summed E-state index contributed by atoms with van der Waals surface area (Å²) in [6, 6.07) is 21.3. The molecule has 1 aliphatic heterocycles. The topological polar surface area (TPSA) is 115 Å². The molecule has 2 unspecified atom stereocenters. The van der Waals surface area contributed by atoms with E-state index in [-0.39, 0.29) is 17.9 Å². The summed E-state index contributed by atoms with van der Waals surface area (Å²) < 4.78 is 4.74. The maximum Gasteiger partial charge on any atom is 0.407 e. The van der Waals surface area contributed by atoms with Crippen LogP contribution in [-0.2, 0) is 9.53 Å². The third kappa shape index (κ3) is 5.90. The molecule has 1 fully saturated rings. The molecule has 218 valence electrons. The van der Waals surface area contributed by atoms with Crippen LogP contribution in [0, 0.1) is 17.8 Å². The molecular formula is C34H34N6O3. The van der Waals surface area contributed by atoms with Crippen LogP contribution < -0.4 is 10.6 Å². The zero-order chi connectivity index (χ0) is 29.9. The van der Waals surface area contributed by atoms with Crippen molar-refractivity contribution >= 4 is 45.3 Å². The number of aromatic amines is 2. The lowest BCUT2D eigenvalue weighted by Crippen LogP contribution is -2.51. The number of alkyl carbamates (subject to hydrolysis) is 1. The number of nitrogens with zero attached hydrogens (tertiary/aromatic N) is 2. The number of nitrogens with one attached hydrogen (secondary N) is 4. The van der Waals surface area contributed by atoms with Gasteiger partial charge in [0, 0.05) is 40.5 Å². The molecule has 0 saturated carbocycles. The molecule has 0 radical (unpaired) electrons. The van der Waals surface area contributed by atoms with Crippen molar-refractivity contribution in [2.24, 2.45) is 5.92 Å². The molecule has 6 rings (SSSR count). The molecule has 5 aromatic rings. The smallest absolute Gasteiger partial charge is 0.407 e. The lowest BCUT2D eigenvalue weighted by Gasteiger charge is -2.29. The Bertz CT molecular complexity index is 1850. The van der Waals surface area contributed by atoms with E-state index in [4.69, 9.17) is 9.72 Å². The van der Waals surface area contributed by atoms with Gasteiger partial charge >= 0.3 is 6.09 Å². The Morgan fingerprint density at radius 2 is 1.79 bits per heavy atom. The van der Waals surface area contributed by atoms with E-state index in [1.807, 2.05) is 85.6 Å². The lowest BCUT2D eigenvalue weighted by atomic mass is 10.0. The quantitative estimate of drug-likeness (QED) is 0.180. The van der Waals surface area contributed by atoms with E-state index in [9.17, 15) is 9.59 Å². The highest BCUT2D eigenvalue weighted by Crippen LogP contribution is 2.33. The Hall–Kier alpha value is -5.23.